The van der Waals surface area contributed by atoms with Crippen LogP contribution in [-0.4, -0.2) is 34.8 Å². The fraction of sp³-hybridized carbons (Fsp3) is 0.409. The van der Waals surface area contributed by atoms with Gasteiger partial charge >= 0.3 is 6.09 Å². The molecule has 0 aliphatic carbocycles. The zero-order valence-corrected chi connectivity index (χ0v) is 17.3. The van der Waals surface area contributed by atoms with E-state index >= 15 is 0 Å². The molecule has 2 atom stereocenters. The summed E-state index contributed by atoms with van der Waals surface area (Å²) in [7, 11) is 0. The average Bonchev–Trinajstić information content (AvgIpc) is 2.65. The fourth-order valence-electron chi connectivity index (χ4n) is 2.57. The number of benzene rings is 2. The quantitative estimate of drug-likeness (QED) is 0.642. The van der Waals surface area contributed by atoms with Gasteiger partial charge in [0, 0.05) is 0 Å². The summed E-state index contributed by atoms with van der Waals surface area (Å²) in [6.07, 6.45) is -1.04. The number of alkyl carbamates (subject to hydrolysis) is 1. The number of rotatable bonds is 8. The van der Waals surface area contributed by atoms with Crippen LogP contribution in [0.15, 0.2) is 54.6 Å². The van der Waals surface area contributed by atoms with Crippen LogP contribution in [0.4, 0.5) is 4.79 Å². The second-order valence-corrected chi connectivity index (χ2v) is 7.91. The Morgan fingerprint density at radius 2 is 1.71 bits per heavy atom. The lowest BCUT2D eigenvalue weighted by Crippen LogP contribution is -2.47. The highest BCUT2D eigenvalue weighted by Crippen LogP contribution is 2.17. The molecule has 0 aliphatic heterocycles. The Bertz CT molecular complexity index is 728. The van der Waals surface area contributed by atoms with Crippen molar-refractivity contribution in [2.45, 2.75) is 51.5 Å². The number of hydrogen-bond acceptors (Lipinski definition) is 4. The first-order valence-corrected chi connectivity index (χ1v) is 9.79. The number of ether oxygens (including phenoxy) is 2. The first-order valence-electron chi connectivity index (χ1n) is 9.26. The van der Waals surface area contributed by atoms with E-state index < -0.39 is 23.8 Å². The monoisotopic (exact) mass is 405 g/mol. The lowest BCUT2D eigenvalue weighted by Gasteiger charge is -2.26. The molecule has 28 heavy (non-hydrogen) atoms. The topological polar surface area (TPSA) is 67.8 Å². The van der Waals surface area contributed by atoms with Crippen molar-refractivity contribution in [2.75, 3.05) is 5.88 Å². The summed E-state index contributed by atoms with van der Waals surface area (Å²) in [5.41, 5.74) is 1.42. The van der Waals surface area contributed by atoms with E-state index in [4.69, 9.17) is 21.1 Å². The number of carbonyl (C=O) groups excluding carboxylic acids is 1. The van der Waals surface area contributed by atoms with Gasteiger partial charge in [-0.15, -0.1) is 11.6 Å². The second kappa shape index (κ2) is 10.3. The maximum Gasteiger partial charge on any atom is 0.407 e. The first kappa shape index (κ1) is 22.1. The molecule has 2 N–H and O–H groups in total. The van der Waals surface area contributed by atoms with Crippen molar-refractivity contribution in [3.63, 3.8) is 0 Å². The van der Waals surface area contributed by atoms with Gasteiger partial charge in [-0.2, -0.15) is 0 Å². The number of amides is 1. The summed E-state index contributed by atoms with van der Waals surface area (Å²) in [6.45, 7) is 5.85. The molecule has 2 aromatic carbocycles. The third kappa shape index (κ3) is 7.79. The van der Waals surface area contributed by atoms with E-state index in [1.54, 1.807) is 20.8 Å². The predicted molar refractivity (Wildman–Crippen MR) is 111 cm³/mol. The van der Waals surface area contributed by atoms with E-state index in [9.17, 15) is 9.90 Å². The van der Waals surface area contributed by atoms with Gasteiger partial charge < -0.3 is 19.9 Å². The van der Waals surface area contributed by atoms with Crippen molar-refractivity contribution >= 4 is 17.7 Å². The second-order valence-electron chi connectivity index (χ2n) is 7.60. The fourth-order valence-corrected chi connectivity index (χ4v) is 2.78. The minimum Gasteiger partial charge on any atom is -0.489 e. The number of carbonyl (C=O) groups is 1. The number of halogens is 1. The van der Waals surface area contributed by atoms with Crippen LogP contribution < -0.4 is 10.1 Å². The number of aliphatic hydroxyl groups is 1. The van der Waals surface area contributed by atoms with Gasteiger partial charge in [-0.25, -0.2) is 4.79 Å². The molecule has 2 aromatic rings. The molecule has 0 saturated heterocycles. The Labute approximate surface area is 171 Å². The van der Waals surface area contributed by atoms with Gasteiger partial charge in [0.05, 0.1) is 18.0 Å². The van der Waals surface area contributed by atoms with E-state index in [1.165, 1.54) is 0 Å². The molecule has 6 heteroatoms. The molecule has 2 rings (SSSR count). The predicted octanol–water partition coefficient (Wildman–Crippen LogP) is 4.30. The van der Waals surface area contributed by atoms with E-state index in [1.807, 2.05) is 54.6 Å². The van der Waals surface area contributed by atoms with Crippen molar-refractivity contribution in [3.8, 4) is 5.75 Å². The molecular weight excluding hydrogens is 378 g/mol. The van der Waals surface area contributed by atoms with Crippen LogP contribution in [0.3, 0.4) is 0 Å². The Morgan fingerprint density at radius 1 is 1.07 bits per heavy atom. The zero-order valence-electron chi connectivity index (χ0n) is 16.5. The van der Waals surface area contributed by atoms with Crippen molar-refractivity contribution < 1.29 is 19.4 Å². The summed E-state index contributed by atoms with van der Waals surface area (Å²) in [6, 6.07) is 16.9. The molecule has 5 nitrogen and oxygen atoms in total. The van der Waals surface area contributed by atoms with Crippen molar-refractivity contribution in [1.82, 2.24) is 5.32 Å². The molecule has 0 radical (unpaired) electrons. The van der Waals surface area contributed by atoms with Gasteiger partial charge in [0.1, 0.15) is 18.0 Å². The first-order chi connectivity index (χ1) is 13.3. The molecule has 0 heterocycles. The summed E-state index contributed by atoms with van der Waals surface area (Å²) in [5.74, 6) is 0.765. The summed E-state index contributed by atoms with van der Waals surface area (Å²) < 4.78 is 11.0. The highest BCUT2D eigenvalue weighted by atomic mass is 35.5. The summed E-state index contributed by atoms with van der Waals surface area (Å²) in [5, 5.41) is 12.9. The Hall–Kier alpha value is -2.24. The molecule has 0 fully saturated rings. The minimum absolute atomic E-state index is 0.0126. The maximum absolute atomic E-state index is 12.0. The van der Waals surface area contributed by atoms with Gasteiger partial charge in [0.25, 0.3) is 0 Å². The van der Waals surface area contributed by atoms with Crippen LogP contribution in [-0.2, 0) is 17.8 Å². The zero-order chi connectivity index (χ0) is 20.6. The molecule has 0 aliphatic rings. The number of hydrogen-bond donors (Lipinski definition) is 2. The molecule has 0 saturated carbocycles. The lowest BCUT2D eigenvalue weighted by atomic mass is 10.0. The molecule has 0 aromatic heterocycles. The Balaban J connectivity index is 1.95. The average molecular weight is 406 g/mol. The SMILES string of the molecule is CC(C)(C)OC(=O)N[C@@H](Cc1ccc(OCc2ccccc2)cc1)[C@@H](O)CCl. The van der Waals surface area contributed by atoms with Crippen LogP contribution in [0.5, 0.6) is 5.75 Å². The standard InChI is InChI=1S/C22H28ClNO4/c1-22(2,3)28-21(26)24-19(20(25)14-23)13-16-9-11-18(12-10-16)27-15-17-7-5-4-6-8-17/h4-12,19-20,25H,13-15H2,1-3H3,(H,24,26)/t19-,20-/m0/s1. The molecule has 1 amide bonds. The third-order valence-electron chi connectivity index (χ3n) is 3.95. The molecular formula is C22H28ClNO4. The van der Waals surface area contributed by atoms with Crippen molar-refractivity contribution in [1.29, 1.82) is 0 Å². The Kier molecular flexibility index (Phi) is 8.15. The van der Waals surface area contributed by atoms with Gasteiger partial charge in [0.15, 0.2) is 0 Å². The molecule has 0 spiro atoms. The molecule has 152 valence electrons. The largest absolute Gasteiger partial charge is 0.489 e. The number of aliphatic hydroxyl groups excluding tert-OH is 1. The van der Waals surface area contributed by atoms with Gasteiger partial charge in [-0.05, 0) is 50.5 Å². The third-order valence-corrected chi connectivity index (χ3v) is 4.27. The minimum atomic E-state index is -0.886. The lowest BCUT2D eigenvalue weighted by molar-refractivity contribution is 0.0440. The molecule has 0 unspecified atom stereocenters. The maximum atomic E-state index is 12.0. The summed E-state index contributed by atoms with van der Waals surface area (Å²) in [4.78, 5) is 12.0. The van der Waals surface area contributed by atoms with Crippen LogP contribution in [0, 0.1) is 0 Å². The van der Waals surface area contributed by atoms with E-state index in [0.717, 1.165) is 16.9 Å². The van der Waals surface area contributed by atoms with E-state index in [2.05, 4.69) is 5.32 Å². The van der Waals surface area contributed by atoms with E-state index in [0.29, 0.717) is 13.0 Å². The normalized spacial score (nSPS) is 13.5. The van der Waals surface area contributed by atoms with Crippen LogP contribution >= 0.6 is 11.6 Å². The van der Waals surface area contributed by atoms with Crippen LogP contribution in [0.1, 0.15) is 31.9 Å². The van der Waals surface area contributed by atoms with Gasteiger partial charge in [-0.1, -0.05) is 42.5 Å². The highest BCUT2D eigenvalue weighted by Gasteiger charge is 2.24. The van der Waals surface area contributed by atoms with Crippen molar-refractivity contribution in [3.05, 3.63) is 65.7 Å². The smallest absolute Gasteiger partial charge is 0.407 e. The van der Waals surface area contributed by atoms with Gasteiger partial charge in [-0.3, -0.25) is 0 Å². The van der Waals surface area contributed by atoms with Crippen LogP contribution in [0.2, 0.25) is 0 Å². The van der Waals surface area contributed by atoms with E-state index in [-0.39, 0.29) is 5.88 Å². The number of alkyl halides is 1. The highest BCUT2D eigenvalue weighted by molar-refractivity contribution is 6.18. The van der Waals surface area contributed by atoms with Crippen LogP contribution in [0.25, 0.3) is 0 Å². The summed E-state index contributed by atoms with van der Waals surface area (Å²) >= 11 is 5.79. The van der Waals surface area contributed by atoms with Gasteiger partial charge in [0.2, 0.25) is 0 Å². The molecule has 0 bridgehead atoms. The van der Waals surface area contributed by atoms with Crippen molar-refractivity contribution in [2.24, 2.45) is 0 Å². The Morgan fingerprint density at radius 3 is 2.29 bits per heavy atom. The number of nitrogens with one attached hydrogen (secondary N) is 1.